The summed E-state index contributed by atoms with van der Waals surface area (Å²) in [5, 5.41) is 2.15. The number of fused-ring (bicyclic) bond motifs is 17. The van der Waals surface area contributed by atoms with E-state index in [9.17, 15) is 0 Å². The molecule has 16 aromatic carbocycles. The van der Waals surface area contributed by atoms with Crippen LogP contribution in [0.4, 0.5) is 68.2 Å². The molecule has 0 radical (unpaired) electrons. The Morgan fingerprint density at radius 3 is 1.25 bits per heavy atom. The molecule has 6 nitrogen and oxygen atoms in total. The number of nitrogens with zero attached hydrogens (tertiary/aromatic N) is 4. The van der Waals surface area contributed by atoms with E-state index in [1.54, 1.807) is 0 Å². The lowest BCUT2D eigenvalue weighted by Crippen LogP contribution is -2.69. The van der Waals surface area contributed by atoms with Gasteiger partial charge >= 0.3 is 0 Å². The lowest BCUT2D eigenvalue weighted by Gasteiger charge is -2.51. The van der Waals surface area contributed by atoms with Gasteiger partial charge in [0, 0.05) is 90.5 Å². The van der Waals surface area contributed by atoms with Crippen molar-refractivity contribution in [2.75, 3.05) is 19.6 Å². The fourth-order valence-corrected chi connectivity index (χ4v) is 18.7. The summed E-state index contributed by atoms with van der Waals surface area (Å²) in [5.41, 5.74) is 37.5. The molecule has 7 heterocycles. The van der Waals surface area contributed by atoms with Crippen molar-refractivity contribution in [3.8, 4) is 67.1 Å². The summed E-state index contributed by atoms with van der Waals surface area (Å²) in [6.07, 6.45) is 0. The highest BCUT2D eigenvalue weighted by Crippen LogP contribution is 2.55. The molecule has 0 saturated carbocycles. The topological polar surface area (TPSA) is 35.3 Å². The van der Waals surface area contributed by atoms with Crippen LogP contribution in [0.2, 0.25) is 0 Å². The van der Waals surface area contributed by atoms with Gasteiger partial charge in [-0.1, -0.05) is 261 Å². The molecule has 105 heavy (non-hydrogen) atoms. The molecule has 484 valence electrons. The number of hydrogen-bond acceptors (Lipinski definition) is 6. The highest BCUT2D eigenvalue weighted by atomic mass is 16.5. The molecular weight excluding hydrogens is 1270 g/mol. The Bertz CT molecular complexity index is 6380. The van der Waals surface area contributed by atoms with Crippen LogP contribution in [-0.4, -0.2) is 20.1 Å². The molecule has 0 spiro atoms. The van der Waals surface area contributed by atoms with E-state index >= 15 is 0 Å². The zero-order chi connectivity index (χ0) is 68.5. The standard InChI is InChI=1S/C96H59B3N4O2/c1-6-27-60(28-7-1)65-51-66(61-29-8-2-9-30-61)53-69(52-65)101-81-45-22-18-41-75(81)99-79-57-78-84(59-90(79)105-91-56-67(55-85(101)92(91)99)64-49-50-89-73(54-64)72-37-16-25-48-88(72)104-89)103(95-70(62-31-10-3-11-32-62)38-26-39-71(95)63-33-12-4-13-34-63)87-58-86-93-96-94(87)98(78)77-43-20-24-47-83(77)102(96)82-46-23-19-42-76(82)97(93)74-40-17-21-44-80(74)100(86)68-35-14-5-15-36-68/h1-59H. The highest BCUT2D eigenvalue weighted by Gasteiger charge is 2.53. The van der Waals surface area contributed by atoms with Crippen LogP contribution in [0.15, 0.2) is 362 Å². The molecular formula is C96H59B3N4O2. The molecule has 6 aliphatic heterocycles. The van der Waals surface area contributed by atoms with E-state index in [2.05, 4.69) is 371 Å². The second-order valence-electron chi connectivity index (χ2n) is 28.5. The minimum absolute atomic E-state index is 0.0716. The minimum atomic E-state index is -0.257. The number of benzene rings is 16. The third-order valence-corrected chi connectivity index (χ3v) is 23.0. The van der Waals surface area contributed by atoms with Gasteiger partial charge in [0.2, 0.25) is 0 Å². The Balaban J connectivity index is 0.835. The maximum atomic E-state index is 8.05. The Hall–Kier alpha value is -13.5. The second kappa shape index (κ2) is 22.5. The van der Waals surface area contributed by atoms with E-state index in [1.165, 1.54) is 61.0 Å². The van der Waals surface area contributed by atoms with Crippen LogP contribution >= 0.6 is 0 Å². The molecule has 0 bridgehead atoms. The van der Waals surface area contributed by atoms with Gasteiger partial charge in [-0.05, 0) is 185 Å². The van der Waals surface area contributed by atoms with E-state index < -0.39 is 0 Å². The quantitative estimate of drug-likeness (QED) is 0.141. The normalized spacial score (nSPS) is 13.5. The van der Waals surface area contributed by atoms with E-state index in [4.69, 9.17) is 9.15 Å². The molecule has 9 heteroatoms. The van der Waals surface area contributed by atoms with E-state index in [0.717, 1.165) is 145 Å². The smallest absolute Gasteiger partial charge is 0.256 e. The maximum absolute atomic E-state index is 8.05. The minimum Gasteiger partial charge on any atom is -0.458 e. The number of furan rings is 1. The summed E-state index contributed by atoms with van der Waals surface area (Å²) in [5.74, 6) is 1.63. The number of ether oxygens (including phenoxy) is 1. The van der Waals surface area contributed by atoms with Crippen molar-refractivity contribution in [3.63, 3.8) is 0 Å². The highest BCUT2D eigenvalue weighted by molar-refractivity contribution is 7.05. The van der Waals surface area contributed by atoms with Crippen molar-refractivity contribution in [1.29, 1.82) is 0 Å². The predicted molar refractivity (Wildman–Crippen MR) is 440 cm³/mol. The first-order valence-corrected chi connectivity index (χ1v) is 36.4. The second-order valence-corrected chi connectivity index (χ2v) is 28.5. The maximum Gasteiger partial charge on any atom is 0.256 e. The molecule has 17 aromatic rings. The van der Waals surface area contributed by atoms with Gasteiger partial charge in [-0.3, -0.25) is 0 Å². The van der Waals surface area contributed by atoms with Crippen molar-refractivity contribution >= 4 is 159 Å². The van der Waals surface area contributed by atoms with Gasteiger partial charge < -0.3 is 28.8 Å². The summed E-state index contributed by atoms with van der Waals surface area (Å²) < 4.78 is 14.6. The van der Waals surface area contributed by atoms with Crippen LogP contribution in [-0.2, 0) is 0 Å². The first-order valence-electron chi connectivity index (χ1n) is 36.4. The third kappa shape index (κ3) is 8.52. The summed E-state index contributed by atoms with van der Waals surface area (Å²) in [7, 11) is 0. The van der Waals surface area contributed by atoms with Gasteiger partial charge in [-0.2, -0.15) is 0 Å². The van der Waals surface area contributed by atoms with Crippen molar-refractivity contribution in [1.82, 2.24) is 0 Å². The van der Waals surface area contributed by atoms with Crippen LogP contribution in [0.1, 0.15) is 0 Å². The molecule has 0 amide bonds. The van der Waals surface area contributed by atoms with Crippen LogP contribution in [0.3, 0.4) is 0 Å². The molecule has 0 fully saturated rings. The largest absolute Gasteiger partial charge is 0.458 e. The van der Waals surface area contributed by atoms with Crippen molar-refractivity contribution in [3.05, 3.63) is 358 Å². The molecule has 0 saturated heterocycles. The Kier molecular flexibility index (Phi) is 12.5. The summed E-state index contributed by atoms with van der Waals surface area (Å²) in [6.45, 7) is -0.559. The predicted octanol–water partition coefficient (Wildman–Crippen LogP) is 19.0. The molecule has 0 aliphatic carbocycles. The summed E-state index contributed by atoms with van der Waals surface area (Å²) in [4.78, 5) is 10.4. The first-order chi connectivity index (χ1) is 52.1. The number of rotatable bonds is 8. The van der Waals surface area contributed by atoms with Gasteiger partial charge in [-0.25, -0.2) is 0 Å². The lowest BCUT2D eigenvalue weighted by atomic mass is 9.28. The van der Waals surface area contributed by atoms with Crippen LogP contribution in [0.25, 0.3) is 77.6 Å². The lowest BCUT2D eigenvalue weighted by molar-refractivity contribution is 0.488. The average molecular weight is 1330 g/mol. The van der Waals surface area contributed by atoms with Gasteiger partial charge in [0.25, 0.3) is 20.1 Å². The zero-order valence-corrected chi connectivity index (χ0v) is 56.9. The van der Waals surface area contributed by atoms with Gasteiger partial charge in [-0.15, -0.1) is 0 Å². The van der Waals surface area contributed by atoms with E-state index in [-0.39, 0.29) is 20.1 Å². The number of para-hydroxylation sites is 7. The molecule has 6 aliphatic rings. The Morgan fingerprint density at radius 1 is 0.210 bits per heavy atom. The monoisotopic (exact) mass is 1330 g/mol. The number of hydrogen-bond donors (Lipinski definition) is 0. The van der Waals surface area contributed by atoms with E-state index in [1.807, 2.05) is 6.07 Å². The summed E-state index contributed by atoms with van der Waals surface area (Å²) >= 11 is 0. The van der Waals surface area contributed by atoms with Gasteiger partial charge in [0.1, 0.15) is 22.7 Å². The third-order valence-electron chi connectivity index (χ3n) is 23.0. The molecule has 0 unspecified atom stereocenters. The van der Waals surface area contributed by atoms with Crippen molar-refractivity contribution in [2.24, 2.45) is 0 Å². The Labute approximate surface area is 609 Å². The van der Waals surface area contributed by atoms with Crippen molar-refractivity contribution < 1.29 is 9.15 Å². The average Bonchev–Trinajstić information content (AvgIpc) is 0.921. The Morgan fingerprint density at radius 2 is 0.657 bits per heavy atom. The zero-order valence-electron chi connectivity index (χ0n) is 56.9. The fourth-order valence-electron chi connectivity index (χ4n) is 18.7. The molecule has 0 N–H and O–H groups in total. The fraction of sp³-hybridized carbons (Fsp3) is 0. The summed E-state index contributed by atoms with van der Waals surface area (Å²) in [6, 6.07) is 133. The van der Waals surface area contributed by atoms with Crippen LogP contribution in [0, 0.1) is 0 Å². The number of anilines is 12. The van der Waals surface area contributed by atoms with Gasteiger partial charge in [0.15, 0.2) is 0 Å². The first kappa shape index (κ1) is 58.2. The van der Waals surface area contributed by atoms with Crippen molar-refractivity contribution in [2.45, 2.75) is 0 Å². The van der Waals surface area contributed by atoms with Gasteiger partial charge in [0.05, 0.1) is 5.69 Å². The van der Waals surface area contributed by atoms with E-state index in [0.29, 0.717) is 0 Å². The molecule has 0 atom stereocenters. The molecule has 1 aromatic heterocycles. The van der Waals surface area contributed by atoms with Crippen LogP contribution < -0.4 is 73.5 Å². The van der Waals surface area contributed by atoms with Crippen LogP contribution in [0.5, 0.6) is 11.5 Å². The SMILES string of the molecule is c1ccc(-c2cc(-c3ccccc3)cc(N3c4ccccc4B4c5cc6c(cc5Oc5cc(-c7ccc8oc9ccccc9c8c7)cc3c54)N(c3c(-c4ccccc4)cccc3-c3ccccc3)c3cc4c5c7c3B6c3ccccc3N7c3ccccc3B5c3ccccc3N4c3ccccc3)c2)cc1. The molecule has 23 rings (SSSR count).